The van der Waals surface area contributed by atoms with Gasteiger partial charge in [0.2, 0.25) is 0 Å². The monoisotopic (exact) mass is 323 g/mol. The Labute approximate surface area is 141 Å². The summed E-state index contributed by atoms with van der Waals surface area (Å²) in [5.41, 5.74) is 2.01. The number of cyclic esters (lactones) is 1. The highest BCUT2D eigenvalue weighted by molar-refractivity contribution is 6.02. The number of anilines is 1. The van der Waals surface area contributed by atoms with Crippen molar-refractivity contribution < 1.29 is 14.3 Å². The average molecular weight is 323 g/mol. The zero-order valence-electron chi connectivity index (χ0n) is 14.1. The number of rotatable bonds is 3. The van der Waals surface area contributed by atoms with E-state index in [4.69, 9.17) is 4.74 Å². The number of fused-ring (bicyclic) bond motifs is 1. The maximum atomic E-state index is 12.7. The van der Waals surface area contributed by atoms with Crippen molar-refractivity contribution in [2.24, 2.45) is 0 Å². The smallest absolute Gasteiger partial charge is 0.339 e. The van der Waals surface area contributed by atoms with E-state index in [-0.39, 0.29) is 5.91 Å². The van der Waals surface area contributed by atoms with Gasteiger partial charge in [-0.2, -0.15) is 0 Å². The van der Waals surface area contributed by atoms with Crippen LogP contribution >= 0.6 is 0 Å². The summed E-state index contributed by atoms with van der Waals surface area (Å²) in [4.78, 5) is 24.9. The highest BCUT2D eigenvalue weighted by Crippen LogP contribution is 2.29. The van der Waals surface area contributed by atoms with Crippen LogP contribution in [0.4, 0.5) is 5.69 Å². The number of amides is 1. The van der Waals surface area contributed by atoms with Gasteiger partial charge in [-0.05, 0) is 42.2 Å². The van der Waals surface area contributed by atoms with Crippen molar-refractivity contribution in [2.75, 3.05) is 5.32 Å². The molecule has 0 spiro atoms. The second kappa shape index (κ2) is 6.11. The summed E-state index contributed by atoms with van der Waals surface area (Å²) >= 11 is 0. The maximum absolute atomic E-state index is 12.7. The van der Waals surface area contributed by atoms with Gasteiger partial charge in [0.05, 0.1) is 5.56 Å². The van der Waals surface area contributed by atoms with Crippen LogP contribution in [0.2, 0.25) is 0 Å². The van der Waals surface area contributed by atoms with E-state index in [1.54, 1.807) is 19.1 Å². The van der Waals surface area contributed by atoms with E-state index in [0.717, 1.165) is 11.1 Å². The quantitative estimate of drug-likeness (QED) is 0.871. The molecule has 0 bridgehead atoms. The normalized spacial score (nSPS) is 19.6. The van der Waals surface area contributed by atoms with E-state index in [1.165, 1.54) is 0 Å². The SMILES string of the molecule is CC(C)c1cccc(NC(=O)C2(C)Cc3ccccc3C(=O)O2)c1. The van der Waals surface area contributed by atoms with Gasteiger partial charge in [0.1, 0.15) is 0 Å². The Morgan fingerprint density at radius 2 is 1.92 bits per heavy atom. The first-order valence-electron chi connectivity index (χ1n) is 8.12. The molecule has 0 saturated carbocycles. The van der Waals surface area contributed by atoms with E-state index in [1.807, 2.05) is 36.4 Å². The predicted octanol–water partition coefficient (Wildman–Crippen LogP) is 3.92. The fourth-order valence-corrected chi connectivity index (χ4v) is 2.90. The molecule has 1 aliphatic rings. The molecule has 0 radical (unpaired) electrons. The standard InChI is InChI=1S/C20H21NO3/c1-13(2)14-8-6-9-16(11-14)21-19(23)20(3)12-15-7-4-5-10-17(15)18(22)24-20/h4-11,13H,12H2,1-3H3,(H,21,23). The Hall–Kier alpha value is -2.62. The van der Waals surface area contributed by atoms with Crippen molar-refractivity contribution in [2.45, 2.75) is 38.7 Å². The largest absolute Gasteiger partial charge is 0.445 e. The van der Waals surface area contributed by atoms with Crippen LogP contribution in [-0.2, 0) is 16.0 Å². The van der Waals surface area contributed by atoms with Gasteiger partial charge in [-0.15, -0.1) is 0 Å². The number of ether oxygens (including phenoxy) is 1. The van der Waals surface area contributed by atoms with Gasteiger partial charge in [-0.25, -0.2) is 4.79 Å². The Morgan fingerprint density at radius 1 is 1.17 bits per heavy atom. The molecule has 1 atom stereocenters. The van der Waals surface area contributed by atoms with Crippen molar-refractivity contribution in [1.29, 1.82) is 0 Å². The fourth-order valence-electron chi connectivity index (χ4n) is 2.90. The van der Waals surface area contributed by atoms with Crippen molar-refractivity contribution in [3.63, 3.8) is 0 Å². The maximum Gasteiger partial charge on any atom is 0.339 e. The number of nitrogens with one attached hydrogen (secondary N) is 1. The van der Waals surface area contributed by atoms with Crippen molar-refractivity contribution >= 4 is 17.6 Å². The molecule has 4 nitrogen and oxygen atoms in total. The third-order valence-electron chi connectivity index (χ3n) is 4.37. The minimum absolute atomic E-state index is 0.314. The molecule has 1 aliphatic heterocycles. The third-order valence-corrected chi connectivity index (χ3v) is 4.37. The van der Waals surface area contributed by atoms with E-state index < -0.39 is 11.6 Å². The number of benzene rings is 2. The van der Waals surface area contributed by atoms with Crippen LogP contribution in [0.3, 0.4) is 0 Å². The lowest BCUT2D eigenvalue weighted by molar-refractivity contribution is -0.134. The number of carbonyl (C=O) groups excluding carboxylic acids is 2. The van der Waals surface area contributed by atoms with Gasteiger partial charge in [0.25, 0.3) is 5.91 Å². The highest BCUT2D eigenvalue weighted by Gasteiger charge is 2.42. The molecule has 2 aromatic rings. The van der Waals surface area contributed by atoms with Crippen LogP contribution in [0.25, 0.3) is 0 Å². The summed E-state index contributed by atoms with van der Waals surface area (Å²) in [7, 11) is 0. The van der Waals surface area contributed by atoms with Crippen molar-refractivity contribution in [3.05, 3.63) is 65.2 Å². The highest BCUT2D eigenvalue weighted by atomic mass is 16.6. The third kappa shape index (κ3) is 3.04. The van der Waals surface area contributed by atoms with Gasteiger partial charge in [-0.1, -0.05) is 44.2 Å². The summed E-state index contributed by atoms with van der Waals surface area (Å²) in [6, 6.07) is 15.0. The van der Waals surface area contributed by atoms with Crippen LogP contribution in [0.15, 0.2) is 48.5 Å². The molecular weight excluding hydrogens is 302 g/mol. The minimum atomic E-state index is -1.21. The molecule has 3 rings (SSSR count). The molecule has 1 N–H and O–H groups in total. The molecule has 4 heteroatoms. The average Bonchev–Trinajstić information content (AvgIpc) is 2.55. The molecule has 0 saturated heterocycles. The predicted molar refractivity (Wildman–Crippen MR) is 93.1 cm³/mol. The summed E-state index contributed by atoms with van der Waals surface area (Å²) < 4.78 is 5.46. The Balaban J connectivity index is 1.83. The van der Waals surface area contributed by atoms with Gasteiger partial charge >= 0.3 is 5.97 Å². The van der Waals surface area contributed by atoms with Crippen molar-refractivity contribution in [3.8, 4) is 0 Å². The summed E-state index contributed by atoms with van der Waals surface area (Å²) in [5, 5.41) is 2.88. The lowest BCUT2D eigenvalue weighted by Gasteiger charge is -2.33. The zero-order chi connectivity index (χ0) is 17.3. The van der Waals surface area contributed by atoms with Crippen molar-refractivity contribution in [1.82, 2.24) is 0 Å². The molecule has 1 unspecified atom stereocenters. The van der Waals surface area contributed by atoms with E-state index >= 15 is 0 Å². The molecule has 1 amide bonds. The Bertz CT molecular complexity index is 797. The van der Waals surface area contributed by atoms with Gasteiger partial charge in [0.15, 0.2) is 5.60 Å². The van der Waals surface area contributed by atoms with Gasteiger partial charge < -0.3 is 10.1 Å². The lowest BCUT2D eigenvalue weighted by Crippen LogP contribution is -2.48. The van der Waals surface area contributed by atoms with Crippen LogP contribution in [0.5, 0.6) is 0 Å². The van der Waals surface area contributed by atoms with Crippen LogP contribution in [-0.4, -0.2) is 17.5 Å². The van der Waals surface area contributed by atoms with E-state index in [0.29, 0.717) is 23.6 Å². The minimum Gasteiger partial charge on any atom is -0.445 e. The first kappa shape index (κ1) is 16.2. The molecular formula is C20H21NO3. The molecule has 124 valence electrons. The summed E-state index contributed by atoms with van der Waals surface area (Å²) in [6.07, 6.45) is 0.366. The van der Waals surface area contributed by atoms with E-state index in [9.17, 15) is 9.59 Å². The second-order valence-electron chi connectivity index (χ2n) is 6.69. The molecule has 0 fully saturated rings. The molecule has 1 heterocycles. The van der Waals surface area contributed by atoms with Gasteiger partial charge in [0, 0.05) is 12.1 Å². The number of esters is 1. The number of hydrogen-bond acceptors (Lipinski definition) is 3. The molecule has 0 aromatic heterocycles. The fraction of sp³-hybridized carbons (Fsp3) is 0.300. The first-order chi connectivity index (χ1) is 11.4. The molecule has 24 heavy (non-hydrogen) atoms. The van der Waals surface area contributed by atoms with Gasteiger partial charge in [-0.3, -0.25) is 4.79 Å². The summed E-state index contributed by atoms with van der Waals surface area (Å²) in [6.45, 7) is 5.85. The van der Waals surface area contributed by atoms with E-state index in [2.05, 4.69) is 19.2 Å². The lowest BCUT2D eigenvalue weighted by atomic mass is 9.89. The zero-order valence-corrected chi connectivity index (χ0v) is 14.1. The molecule has 2 aromatic carbocycles. The topological polar surface area (TPSA) is 55.4 Å². The number of hydrogen-bond donors (Lipinski definition) is 1. The van der Waals surface area contributed by atoms with Crippen LogP contribution in [0, 0.1) is 0 Å². The molecule has 0 aliphatic carbocycles. The summed E-state index contributed by atoms with van der Waals surface area (Å²) in [5.74, 6) is -0.395. The number of carbonyl (C=O) groups is 2. The first-order valence-corrected chi connectivity index (χ1v) is 8.12. The Morgan fingerprint density at radius 3 is 2.67 bits per heavy atom. The Kier molecular flexibility index (Phi) is 4.14. The van der Waals surface area contributed by atoms with Crippen LogP contribution < -0.4 is 5.32 Å². The van der Waals surface area contributed by atoms with Crippen LogP contribution in [0.1, 0.15) is 48.2 Å². The second-order valence-corrected chi connectivity index (χ2v) is 6.69.